The van der Waals surface area contributed by atoms with Gasteiger partial charge in [0.15, 0.2) is 17.1 Å². The number of fused-ring (bicyclic) bond motifs is 2. The van der Waals surface area contributed by atoms with Crippen molar-refractivity contribution in [2.45, 2.75) is 6.42 Å². The van der Waals surface area contributed by atoms with Gasteiger partial charge in [0.1, 0.15) is 5.69 Å². The zero-order chi connectivity index (χ0) is 22.9. The molecule has 4 heterocycles. The molecule has 2 aromatic carbocycles. The SMILES string of the molecule is O=C(Cc1noc2ccccc12)Nc1cccc(-c2ccc3nnc(-c4ccncc4)n3n2)c1. The van der Waals surface area contributed by atoms with E-state index < -0.39 is 0 Å². The van der Waals surface area contributed by atoms with E-state index in [0.717, 1.165) is 22.2 Å². The van der Waals surface area contributed by atoms with Crippen LogP contribution in [0.25, 0.3) is 39.3 Å². The summed E-state index contributed by atoms with van der Waals surface area (Å²) in [5, 5.41) is 21.0. The zero-order valence-corrected chi connectivity index (χ0v) is 17.8. The van der Waals surface area contributed by atoms with Crippen molar-refractivity contribution < 1.29 is 9.32 Å². The van der Waals surface area contributed by atoms with Gasteiger partial charge in [-0.1, -0.05) is 29.4 Å². The summed E-state index contributed by atoms with van der Waals surface area (Å²) in [6.45, 7) is 0. The van der Waals surface area contributed by atoms with Crippen molar-refractivity contribution in [1.82, 2.24) is 30.0 Å². The van der Waals surface area contributed by atoms with E-state index in [1.807, 2.05) is 72.8 Å². The number of carbonyl (C=O) groups excluding carboxylic acids is 1. The fourth-order valence-electron chi connectivity index (χ4n) is 3.80. The molecule has 9 heteroatoms. The third-order valence-electron chi connectivity index (χ3n) is 5.42. The maximum absolute atomic E-state index is 12.7. The van der Waals surface area contributed by atoms with Gasteiger partial charge in [0.05, 0.1) is 12.1 Å². The molecule has 0 fully saturated rings. The summed E-state index contributed by atoms with van der Waals surface area (Å²) in [7, 11) is 0. The van der Waals surface area contributed by atoms with Crippen LogP contribution in [0.1, 0.15) is 5.69 Å². The number of anilines is 1. The van der Waals surface area contributed by atoms with E-state index in [0.29, 0.717) is 28.4 Å². The molecular formula is C25H17N7O2. The maximum Gasteiger partial charge on any atom is 0.230 e. The fraction of sp³-hybridized carbons (Fsp3) is 0.0400. The van der Waals surface area contributed by atoms with Crippen LogP contribution in [0.5, 0.6) is 0 Å². The highest BCUT2D eigenvalue weighted by Gasteiger charge is 2.14. The highest BCUT2D eigenvalue weighted by molar-refractivity contribution is 5.95. The van der Waals surface area contributed by atoms with Gasteiger partial charge in [0, 0.05) is 34.6 Å². The van der Waals surface area contributed by atoms with Crippen molar-refractivity contribution in [3.63, 3.8) is 0 Å². The lowest BCUT2D eigenvalue weighted by molar-refractivity contribution is -0.115. The van der Waals surface area contributed by atoms with Crippen LogP contribution in [0.3, 0.4) is 0 Å². The standard InChI is InChI=1S/C25H17N7O2/c33-24(15-21-19-6-1-2-7-22(19)34-31-21)27-18-5-3-4-17(14-18)20-8-9-23-28-29-25(32(23)30-20)16-10-12-26-13-11-16/h1-14H,15H2,(H,27,33). The molecular weight excluding hydrogens is 430 g/mol. The molecule has 0 spiro atoms. The molecule has 9 nitrogen and oxygen atoms in total. The Labute approximate surface area is 193 Å². The van der Waals surface area contributed by atoms with Crippen molar-refractivity contribution in [2.75, 3.05) is 5.32 Å². The first kappa shape index (κ1) is 19.7. The molecule has 0 saturated carbocycles. The van der Waals surface area contributed by atoms with Gasteiger partial charge in [-0.15, -0.1) is 10.2 Å². The number of rotatable bonds is 5. The Hall–Kier alpha value is -4.92. The van der Waals surface area contributed by atoms with Gasteiger partial charge in [-0.05, 0) is 48.5 Å². The Balaban J connectivity index is 1.26. The molecule has 0 radical (unpaired) electrons. The van der Waals surface area contributed by atoms with Gasteiger partial charge in [-0.2, -0.15) is 9.61 Å². The fourth-order valence-corrected chi connectivity index (χ4v) is 3.80. The van der Waals surface area contributed by atoms with E-state index in [1.54, 1.807) is 16.9 Å². The number of carbonyl (C=O) groups is 1. The molecule has 0 bridgehead atoms. The molecule has 0 aliphatic carbocycles. The predicted molar refractivity (Wildman–Crippen MR) is 126 cm³/mol. The van der Waals surface area contributed by atoms with Gasteiger partial charge in [0.25, 0.3) is 0 Å². The van der Waals surface area contributed by atoms with Crippen LogP contribution in [-0.4, -0.2) is 35.9 Å². The third-order valence-corrected chi connectivity index (χ3v) is 5.42. The smallest absolute Gasteiger partial charge is 0.230 e. The largest absolute Gasteiger partial charge is 0.356 e. The summed E-state index contributed by atoms with van der Waals surface area (Å²) in [6.07, 6.45) is 3.52. The number of nitrogens with one attached hydrogen (secondary N) is 1. The summed E-state index contributed by atoms with van der Waals surface area (Å²) in [5.74, 6) is 0.446. The average Bonchev–Trinajstić information content (AvgIpc) is 3.49. The van der Waals surface area contributed by atoms with Crippen LogP contribution < -0.4 is 5.32 Å². The Morgan fingerprint density at radius 3 is 2.71 bits per heavy atom. The number of aromatic nitrogens is 6. The van der Waals surface area contributed by atoms with E-state index in [1.165, 1.54) is 0 Å². The van der Waals surface area contributed by atoms with Crippen LogP contribution in [0.15, 0.2) is 89.7 Å². The quantitative estimate of drug-likeness (QED) is 0.422. The monoisotopic (exact) mass is 447 g/mol. The third kappa shape index (κ3) is 3.65. The molecule has 34 heavy (non-hydrogen) atoms. The highest BCUT2D eigenvalue weighted by atomic mass is 16.5. The first-order chi connectivity index (χ1) is 16.7. The molecule has 0 atom stereocenters. The lowest BCUT2D eigenvalue weighted by Crippen LogP contribution is -2.14. The molecule has 1 N–H and O–H groups in total. The summed E-state index contributed by atoms with van der Waals surface area (Å²) >= 11 is 0. The van der Waals surface area contributed by atoms with Crippen LogP contribution in [0.4, 0.5) is 5.69 Å². The second-order valence-corrected chi connectivity index (χ2v) is 7.68. The number of pyridine rings is 1. The van der Waals surface area contributed by atoms with Crippen molar-refractivity contribution in [3.05, 3.63) is 90.9 Å². The molecule has 0 aliphatic heterocycles. The van der Waals surface area contributed by atoms with Crippen LogP contribution in [0, 0.1) is 0 Å². The summed E-state index contributed by atoms with van der Waals surface area (Å²) in [5.41, 5.74) is 5.01. The molecule has 4 aromatic heterocycles. The molecule has 6 rings (SSSR count). The maximum atomic E-state index is 12.7. The van der Waals surface area contributed by atoms with Gasteiger partial charge >= 0.3 is 0 Å². The van der Waals surface area contributed by atoms with Crippen LogP contribution >= 0.6 is 0 Å². The van der Waals surface area contributed by atoms with Crippen molar-refractivity contribution in [2.24, 2.45) is 0 Å². The Morgan fingerprint density at radius 2 is 1.79 bits per heavy atom. The summed E-state index contributed by atoms with van der Waals surface area (Å²) in [6, 6.07) is 22.5. The zero-order valence-electron chi connectivity index (χ0n) is 17.8. The van der Waals surface area contributed by atoms with Crippen LogP contribution in [0.2, 0.25) is 0 Å². The van der Waals surface area contributed by atoms with Gasteiger partial charge in [-0.25, -0.2) is 0 Å². The Bertz CT molecular complexity index is 1640. The van der Waals surface area contributed by atoms with Crippen molar-refractivity contribution in [1.29, 1.82) is 0 Å². The average molecular weight is 447 g/mol. The predicted octanol–water partition coefficient (Wildman–Crippen LogP) is 4.18. The Morgan fingerprint density at radius 1 is 0.912 bits per heavy atom. The van der Waals surface area contributed by atoms with E-state index in [-0.39, 0.29) is 12.3 Å². The number of hydrogen-bond acceptors (Lipinski definition) is 7. The molecule has 1 amide bonds. The minimum atomic E-state index is -0.182. The van der Waals surface area contributed by atoms with Crippen molar-refractivity contribution >= 4 is 28.2 Å². The minimum absolute atomic E-state index is 0.113. The second-order valence-electron chi connectivity index (χ2n) is 7.68. The minimum Gasteiger partial charge on any atom is -0.356 e. The molecule has 6 aromatic rings. The van der Waals surface area contributed by atoms with E-state index in [4.69, 9.17) is 9.62 Å². The highest BCUT2D eigenvalue weighted by Crippen LogP contribution is 2.24. The van der Waals surface area contributed by atoms with Gasteiger partial charge in [0.2, 0.25) is 5.91 Å². The topological polar surface area (TPSA) is 111 Å². The van der Waals surface area contributed by atoms with E-state index >= 15 is 0 Å². The number of amides is 1. The first-order valence-corrected chi connectivity index (χ1v) is 10.6. The normalized spacial score (nSPS) is 11.2. The van der Waals surface area contributed by atoms with Gasteiger partial charge in [-0.3, -0.25) is 9.78 Å². The molecule has 0 aliphatic rings. The van der Waals surface area contributed by atoms with Gasteiger partial charge < -0.3 is 9.84 Å². The Kier molecular flexibility index (Phi) is 4.77. The number of nitrogens with zero attached hydrogens (tertiary/aromatic N) is 6. The van der Waals surface area contributed by atoms with E-state index in [2.05, 4.69) is 25.7 Å². The lowest BCUT2D eigenvalue weighted by Gasteiger charge is -2.07. The number of hydrogen-bond donors (Lipinski definition) is 1. The lowest BCUT2D eigenvalue weighted by atomic mass is 10.1. The molecule has 164 valence electrons. The molecule has 0 saturated heterocycles. The summed E-state index contributed by atoms with van der Waals surface area (Å²) < 4.78 is 6.99. The van der Waals surface area contributed by atoms with Crippen LogP contribution in [-0.2, 0) is 11.2 Å². The van der Waals surface area contributed by atoms with Crippen molar-refractivity contribution in [3.8, 4) is 22.6 Å². The number of benzene rings is 2. The second kappa shape index (κ2) is 8.21. The van der Waals surface area contributed by atoms with E-state index in [9.17, 15) is 4.79 Å². The number of para-hydroxylation sites is 1. The summed E-state index contributed by atoms with van der Waals surface area (Å²) in [4.78, 5) is 16.7. The molecule has 0 unspecified atom stereocenters. The first-order valence-electron chi connectivity index (χ1n) is 10.6.